The highest BCUT2D eigenvalue weighted by Crippen LogP contribution is 2.16. The molecule has 0 spiro atoms. The van der Waals surface area contributed by atoms with E-state index in [-0.39, 0.29) is 17.4 Å². The number of benzene rings is 1. The van der Waals surface area contributed by atoms with Crippen LogP contribution in [0.1, 0.15) is 40.2 Å². The molecular formula is C21H27FN4O2. The molecule has 3 rings (SSSR count). The van der Waals surface area contributed by atoms with Crippen LogP contribution in [0.3, 0.4) is 0 Å². The number of nitrogens with zero attached hydrogens (tertiary/aromatic N) is 4. The number of carbonyl (C=O) groups excluding carboxylic acids is 2. The van der Waals surface area contributed by atoms with Gasteiger partial charge in [-0.1, -0.05) is 12.1 Å². The molecule has 0 atom stereocenters. The quantitative estimate of drug-likeness (QED) is 0.811. The maximum Gasteiger partial charge on any atom is 0.256 e. The molecule has 1 aliphatic rings. The van der Waals surface area contributed by atoms with E-state index in [1.165, 1.54) is 12.1 Å². The van der Waals surface area contributed by atoms with E-state index in [0.717, 1.165) is 17.0 Å². The SMILES string of the molecule is Cc1nn(C)c(C)c1CCC(=O)N1CCCN(C(=O)c2ccccc2F)CC1. The van der Waals surface area contributed by atoms with E-state index < -0.39 is 5.82 Å². The Morgan fingerprint density at radius 2 is 1.75 bits per heavy atom. The third kappa shape index (κ3) is 4.24. The molecule has 1 aromatic heterocycles. The molecule has 2 amide bonds. The van der Waals surface area contributed by atoms with Crippen molar-refractivity contribution in [3.63, 3.8) is 0 Å². The fourth-order valence-electron chi connectivity index (χ4n) is 3.74. The van der Waals surface area contributed by atoms with Gasteiger partial charge < -0.3 is 9.80 Å². The van der Waals surface area contributed by atoms with Gasteiger partial charge in [0.2, 0.25) is 5.91 Å². The van der Waals surface area contributed by atoms with Crippen molar-refractivity contribution in [2.75, 3.05) is 26.2 Å². The Balaban J connectivity index is 1.58. The molecule has 0 unspecified atom stereocenters. The second-order valence-corrected chi connectivity index (χ2v) is 7.28. The number of hydrogen-bond acceptors (Lipinski definition) is 3. The Bertz CT molecular complexity index is 877. The molecule has 7 heteroatoms. The van der Waals surface area contributed by atoms with Gasteiger partial charge in [-0.05, 0) is 44.4 Å². The topological polar surface area (TPSA) is 58.4 Å². The molecule has 2 aromatic rings. The summed E-state index contributed by atoms with van der Waals surface area (Å²) in [6.45, 7) is 6.01. The summed E-state index contributed by atoms with van der Waals surface area (Å²) >= 11 is 0. The summed E-state index contributed by atoms with van der Waals surface area (Å²) in [5.74, 6) is -0.733. The maximum atomic E-state index is 13.9. The van der Waals surface area contributed by atoms with Crippen molar-refractivity contribution in [1.29, 1.82) is 0 Å². The van der Waals surface area contributed by atoms with Crippen molar-refractivity contribution in [1.82, 2.24) is 19.6 Å². The van der Waals surface area contributed by atoms with Crippen LogP contribution < -0.4 is 0 Å². The van der Waals surface area contributed by atoms with Gasteiger partial charge in [0.05, 0.1) is 11.3 Å². The van der Waals surface area contributed by atoms with Crippen LogP contribution in [0.5, 0.6) is 0 Å². The number of halogens is 1. The summed E-state index contributed by atoms with van der Waals surface area (Å²) in [5.41, 5.74) is 3.26. The van der Waals surface area contributed by atoms with Crippen molar-refractivity contribution >= 4 is 11.8 Å². The highest BCUT2D eigenvalue weighted by molar-refractivity contribution is 5.94. The molecular weight excluding hydrogens is 359 g/mol. The van der Waals surface area contributed by atoms with E-state index in [4.69, 9.17) is 0 Å². The molecule has 6 nitrogen and oxygen atoms in total. The minimum atomic E-state index is -0.508. The zero-order valence-corrected chi connectivity index (χ0v) is 16.7. The average molecular weight is 386 g/mol. The van der Waals surface area contributed by atoms with Crippen LogP contribution in [-0.2, 0) is 18.3 Å². The lowest BCUT2D eigenvalue weighted by Crippen LogP contribution is -2.37. The number of carbonyl (C=O) groups is 2. The van der Waals surface area contributed by atoms with Crippen LogP contribution in [0.4, 0.5) is 4.39 Å². The first-order chi connectivity index (χ1) is 13.4. The lowest BCUT2D eigenvalue weighted by atomic mass is 10.1. The van der Waals surface area contributed by atoms with E-state index in [9.17, 15) is 14.0 Å². The van der Waals surface area contributed by atoms with E-state index in [0.29, 0.717) is 45.4 Å². The zero-order valence-electron chi connectivity index (χ0n) is 16.7. The van der Waals surface area contributed by atoms with E-state index >= 15 is 0 Å². The second-order valence-electron chi connectivity index (χ2n) is 7.28. The largest absolute Gasteiger partial charge is 0.341 e. The molecule has 0 saturated carbocycles. The van der Waals surface area contributed by atoms with E-state index in [1.54, 1.807) is 17.0 Å². The van der Waals surface area contributed by atoms with Crippen molar-refractivity contribution in [3.05, 3.63) is 52.6 Å². The molecule has 0 N–H and O–H groups in total. The minimum absolute atomic E-state index is 0.0860. The molecule has 0 radical (unpaired) electrons. The molecule has 1 aromatic carbocycles. The molecule has 1 fully saturated rings. The summed E-state index contributed by atoms with van der Waals surface area (Å²) in [5, 5.41) is 4.40. The van der Waals surface area contributed by atoms with Gasteiger partial charge in [-0.3, -0.25) is 14.3 Å². The Kier molecular flexibility index (Phi) is 6.11. The molecule has 1 aliphatic heterocycles. The van der Waals surface area contributed by atoms with Crippen LogP contribution in [0.2, 0.25) is 0 Å². The van der Waals surface area contributed by atoms with Crippen molar-refractivity contribution in [3.8, 4) is 0 Å². The van der Waals surface area contributed by atoms with Gasteiger partial charge in [-0.15, -0.1) is 0 Å². The highest BCUT2D eigenvalue weighted by Gasteiger charge is 2.24. The van der Waals surface area contributed by atoms with Crippen LogP contribution >= 0.6 is 0 Å². The summed E-state index contributed by atoms with van der Waals surface area (Å²) in [6.07, 6.45) is 1.78. The summed E-state index contributed by atoms with van der Waals surface area (Å²) in [6, 6.07) is 6.03. The smallest absolute Gasteiger partial charge is 0.256 e. The Labute approximate surface area is 164 Å². The standard InChI is InChI=1S/C21H27FN4O2/c1-15-17(16(2)24(3)23-15)9-10-20(27)25-11-6-12-26(14-13-25)21(28)18-7-4-5-8-19(18)22/h4-5,7-8H,6,9-14H2,1-3H3. The van der Waals surface area contributed by atoms with Crippen molar-refractivity contribution in [2.24, 2.45) is 7.05 Å². The van der Waals surface area contributed by atoms with E-state index in [2.05, 4.69) is 5.10 Å². The summed E-state index contributed by atoms with van der Waals surface area (Å²) in [7, 11) is 1.91. The molecule has 150 valence electrons. The van der Waals surface area contributed by atoms with Gasteiger partial charge in [-0.2, -0.15) is 5.10 Å². The first kappa shape index (κ1) is 20.0. The van der Waals surface area contributed by atoms with Gasteiger partial charge in [0.15, 0.2) is 0 Å². The third-order valence-electron chi connectivity index (χ3n) is 5.49. The zero-order chi connectivity index (χ0) is 20.3. The fourth-order valence-corrected chi connectivity index (χ4v) is 3.74. The first-order valence-electron chi connectivity index (χ1n) is 9.69. The molecule has 28 heavy (non-hydrogen) atoms. The number of aryl methyl sites for hydroxylation is 2. The lowest BCUT2D eigenvalue weighted by Gasteiger charge is -2.22. The molecule has 0 bridgehead atoms. The summed E-state index contributed by atoms with van der Waals surface area (Å²) < 4.78 is 15.8. The van der Waals surface area contributed by atoms with Gasteiger partial charge in [0.1, 0.15) is 5.82 Å². The minimum Gasteiger partial charge on any atom is -0.341 e. The fraction of sp³-hybridized carbons (Fsp3) is 0.476. The summed E-state index contributed by atoms with van der Waals surface area (Å²) in [4.78, 5) is 28.8. The van der Waals surface area contributed by atoms with Gasteiger partial charge in [0.25, 0.3) is 5.91 Å². The van der Waals surface area contributed by atoms with Gasteiger partial charge in [0, 0.05) is 45.3 Å². The van der Waals surface area contributed by atoms with Crippen LogP contribution in [0, 0.1) is 19.7 Å². The molecule has 1 saturated heterocycles. The van der Waals surface area contributed by atoms with Gasteiger partial charge >= 0.3 is 0 Å². The molecule has 2 heterocycles. The Hall–Kier alpha value is -2.70. The van der Waals surface area contributed by atoms with Gasteiger partial charge in [-0.25, -0.2) is 4.39 Å². The maximum absolute atomic E-state index is 13.9. The number of hydrogen-bond donors (Lipinski definition) is 0. The highest BCUT2D eigenvalue weighted by atomic mass is 19.1. The third-order valence-corrected chi connectivity index (χ3v) is 5.49. The van der Waals surface area contributed by atoms with E-state index in [1.807, 2.05) is 30.5 Å². The second kappa shape index (κ2) is 8.54. The van der Waals surface area contributed by atoms with Crippen molar-refractivity contribution in [2.45, 2.75) is 33.1 Å². The normalized spacial score (nSPS) is 14.9. The Morgan fingerprint density at radius 1 is 1.07 bits per heavy atom. The van der Waals surface area contributed by atoms with Crippen LogP contribution in [0.15, 0.2) is 24.3 Å². The van der Waals surface area contributed by atoms with Crippen LogP contribution in [0.25, 0.3) is 0 Å². The Morgan fingerprint density at radius 3 is 2.43 bits per heavy atom. The predicted octanol–water partition coefficient (Wildman–Crippen LogP) is 2.48. The predicted molar refractivity (Wildman–Crippen MR) is 105 cm³/mol. The average Bonchev–Trinajstić information content (AvgIpc) is 2.85. The lowest BCUT2D eigenvalue weighted by molar-refractivity contribution is -0.131. The van der Waals surface area contributed by atoms with Crippen molar-refractivity contribution < 1.29 is 14.0 Å². The monoisotopic (exact) mass is 386 g/mol. The molecule has 0 aliphatic carbocycles. The number of aromatic nitrogens is 2. The van der Waals surface area contributed by atoms with Crippen LogP contribution in [-0.4, -0.2) is 57.6 Å². The number of rotatable bonds is 4. The first-order valence-corrected chi connectivity index (χ1v) is 9.69. The number of amides is 2.